The van der Waals surface area contributed by atoms with E-state index in [2.05, 4.69) is 4.98 Å². The Bertz CT molecular complexity index is 1430. The maximum Gasteiger partial charge on any atom is 0.417 e. The van der Waals surface area contributed by atoms with Crippen LogP contribution in [-0.4, -0.2) is 24.1 Å². The minimum absolute atomic E-state index is 0.144. The van der Waals surface area contributed by atoms with Crippen LogP contribution in [0.4, 0.5) is 24.5 Å². The zero-order valence-corrected chi connectivity index (χ0v) is 19.3. The van der Waals surface area contributed by atoms with Gasteiger partial charge in [0, 0.05) is 12.3 Å². The van der Waals surface area contributed by atoms with Gasteiger partial charge in [0.1, 0.15) is 11.3 Å². The molecule has 1 aromatic heterocycles. The first-order chi connectivity index (χ1) is 15.7. The fraction of sp³-hybridized carbons (Fsp3) is 0.0526. The summed E-state index contributed by atoms with van der Waals surface area (Å²) < 4.78 is 67.0. The Morgan fingerprint density at radius 3 is 2.35 bits per heavy atom. The van der Waals surface area contributed by atoms with Crippen LogP contribution in [0.3, 0.4) is 0 Å². The second-order valence-corrected chi connectivity index (χ2v) is 9.45. The lowest BCUT2D eigenvalue weighted by Gasteiger charge is -2.14. The van der Waals surface area contributed by atoms with Gasteiger partial charge in [-0.2, -0.15) is 13.2 Å². The average Bonchev–Trinajstić information content (AvgIpc) is 2.72. The van der Waals surface area contributed by atoms with E-state index in [4.69, 9.17) is 34.8 Å². The number of anilines is 1. The van der Waals surface area contributed by atoms with Crippen LogP contribution >= 0.6 is 34.8 Å². The Morgan fingerprint density at radius 1 is 1.06 bits per heavy atom. The van der Waals surface area contributed by atoms with Gasteiger partial charge in [-0.1, -0.05) is 40.9 Å². The van der Waals surface area contributed by atoms with Gasteiger partial charge < -0.3 is 0 Å². The lowest BCUT2D eigenvalue weighted by Crippen LogP contribution is -2.18. The third-order valence-corrected chi connectivity index (χ3v) is 6.50. The van der Waals surface area contributed by atoms with E-state index in [1.807, 2.05) is 4.72 Å². The van der Waals surface area contributed by atoms with Gasteiger partial charge in [-0.05, 0) is 30.3 Å². The summed E-state index contributed by atoms with van der Waals surface area (Å²) in [5, 5.41) is 10.2. The normalized spacial score (nSPS) is 11.8. The number of carbonyl (C=O) groups is 1. The van der Waals surface area contributed by atoms with E-state index in [-0.39, 0.29) is 10.0 Å². The summed E-state index contributed by atoms with van der Waals surface area (Å²) in [4.78, 5) is 26.5. The second kappa shape index (κ2) is 9.37. The monoisotopic (exact) mass is 553 g/mol. The maximum absolute atomic E-state index is 13.2. The van der Waals surface area contributed by atoms with Crippen LogP contribution in [0.1, 0.15) is 21.6 Å². The Morgan fingerprint density at radius 2 is 1.74 bits per heavy atom. The molecule has 0 aliphatic carbocycles. The summed E-state index contributed by atoms with van der Waals surface area (Å²) in [5.41, 5.74) is -3.82. The number of ketones is 1. The molecule has 0 radical (unpaired) electrons. The Hall–Kier alpha value is -2.93. The van der Waals surface area contributed by atoms with Crippen molar-refractivity contribution in [3.63, 3.8) is 0 Å². The fourth-order valence-electron chi connectivity index (χ4n) is 2.80. The lowest BCUT2D eigenvalue weighted by molar-refractivity contribution is -0.385. The Balaban J connectivity index is 2.12. The first-order valence-corrected chi connectivity index (χ1v) is 11.4. The zero-order valence-electron chi connectivity index (χ0n) is 16.2. The third kappa shape index (κ3) is 5.25. The molecule has 15 heteroatoms. The Kier molecular flexibility index (Phi) is 7.08. The van der Waals surface area contributed by atoms with Gasteiger partial charge in [-0.25, -0.2) is 13.4 Å². The first kappa shape index (κ1) is 25.7. The number of benzene rings is 2. The topological polar surface area (TPSA) is 119 Å². The van der Waals surface area contributed by atoms with Crippen molar-refractivity contribution < 1.29 is 31.3 Å². The molecule has 0 unspecified atom stereocenters. The van der Waals surface area contributed by atoms with Gasteiger partial charge in [0.05, 0.1) is 36.1 Å². The standard InChI is InChI=1S/C19H9Cl3F3N3O5S/c20-9-6-14(27-34(32,33)10-4-5-12(21)11(7-10)19(23,24)25)17(26-8-9)18(29)16-13(22)2-1-3-15(16)28(30)31/h1-8,27H. The number of pyridine rings is 1. The molecule has 0 saturated heterocycles. The molecule has 0 aliphatic heterocycles. The van der Waals surface area contributed by atoms with Crippen LogP contribution in [0.25, 0.3) is 0 Å². The predicted octanol–water partition coefficient (Wildman–Crippen LogP) is 6.00. The van der Waals surface area contributed by atoms with Crippen LogP contribution in [0.5, 0.6) is 0 Å². The number of nitrogens with one attached hydrogen (secondary N) is 1. The number of hydrogen-bond acceptors (Lipinski definition) is 6. The second-order valence-electron chi connectivity index (χ2n) is 6.51. The van der Waals surface area contributed by atoms with Crippen molar-refractivity contribution in [2.24, 2.45) is 0 Å². The van der Waals surface area contributed by atoms with Crippen LogP contribution in [0.15, 0.2) is 53.6 Å². The van der Waals surface area contributed by atoms with Crippen LogP contribution in [0.2, 0.25) is 15.1 Å². The number of nitrogens with zero attached hydrogens (tertiary/aromatic N) is 2. The molecule has 8 nitrogen and oxygen atoms in total. The van der Waals surface area contributed by atoms with Crippen LogP contribution < -0.4 is 4.72 Å². The van der Waals surface area contributed by atoms with E-state index in [9.17, 15) is 36.5 Å². The highest BCUT2D eigenvalue weighted by Crippen LogP contribution is 2.37. The van der Waals surface area contributed by atoms with E-state index in [0.717, 1.165) is 30.5 Å². The number of halogens is 6. The fourth-order valence-corrected chi connectivity index (χ4v) is 4.52. The third-order valence-electron chi connectivity index (χ3n) is 4.28. The van der Waals surface area contributed by atoms with E-state index in [1.165, 1.54) is 12.1 Å². The highest BCUT2D eigenvalue weighted by Gasteiger charge is 2.35. The van der Waals surface area contributed by atoms with Crippen molar-refractivity contribution in [3.05, 3.63) is 90.7 Å². The molecular weight excluding hydrogens is 546 g/mol. The first-order valence-electron chi connectivity index (χ1n) is 8.75. The maximum atomic E-state index is 13.2. The molecule has 34 heavy (non-hydrogen) atoms. The predicted molar refractivity (Wildman–Crippen MR) is 118 cm³/mol. The highest BCUT2D eigenvalue weighted by atomic mass is 35.5. The molecule has 3 aromatic rings. The number of sulfonamides is 1. The SMILES string of the molecule is O=C(c1ncc(Cl)cc1NS(=O)(=O)c1ccc(Cl)c(C(F)(F)F)c1)c1c(Cl)cccc1[N+](=O)[O-]. The smallest absolute Gasteiger partial charge is 0.286 e. The minimum Gasteiger partial charge on any atom is -0.286 e. The molecule has 1 heterocycles. The average molecular weight is 555 g/mol. The van der Waals surface area contributed by atoms with Gasteiger partial charge in [0.25, 0.3) is 15.7 Å². The molecule has 2 aromatic carbocycles. The number of alkyl halides is 3. The summed E-state index contributed by atoms with van der Waals surface area (Å²) in [6.45, 7) is 0. The van der Waals surface area contributed by atoms with E-state index < -0.39 is 65.0 Å². The molecule has 0 bridgehead atoms. The summed E-state index contributed by atoms with van der Waals surface area (Å²) in [6.07, 6.45) is -3.97. The van der Waals surface area contributed by atoms with Crippen molar-refractivity contribution in [3.8, 4) is 0 Å². The molecule has 0 spiro atoms. The van der Waals surface area contributed by atoms with E-state index >= 15 is 0 Å². The van der Waals surface area contributed by atoms with Gasteiger partial charge in [0.2, 0.25) is 5.78 Å². The number of aromatic nitrogens is 1. The molecule has 0 aliphatic rings. The van der Waals surface area contributed by atoms with Crippen molar-refractivity contribution in [1.82, 2.24) is 4.98 Å². The molecular formula is C19H9Cl3F3N3O5S. The number of hydrogen-bond donors (Lipinski definition) is 1. The van der Waals surface area contributed by atoms with Gasteiger partial charge in [-0.15, -0.1) is 0 Å². The van der Waals surface area contributed by atoms with E-state index in [1.54, 1.807) is 0 Å². The molecule has 0 atom stereocenters. The Labute approximate surface area is 204 Å². The van der Waals surface area contributed by atoms with Crippen molar-refractivity contribution in [2.45, 2.75) is 11.1 Å². The number of carbonyl (C=O) groups excluding carboxylic acids is 1. The number of nitro groups is 1. The molecule has 0 amide bonds. The highest BCUT2D eigenvalue weighted by molar-refractivity contribution is 7.92. The quantitative estimate of drug-likeness (QED) is 0.227. The summed E-state index contributed by atoms with van der Waals surface area (Å²) >= 11 is 17.3. The molecule has 1 N–H and O–H groups in total. The zero-order chi connectivity index (χ0) is 25.4. The molecule has 3 rings (SSSR count). The molecule has 178 valence electrons. The number of nitro benzene ring substituents is 1. The largest absolute Gasteiger partial charge is 0.417 e. The number of rotatable bonds is 6. The van der Waals surface area contributed by atoms with E-state index in [0.29, 0.717) is 6.07 Å². The van der Waals surface area contributed by atoms with Gasteiger partial charge >= 0.3 is 6.18 Å². The molecule has 0 fully saturated rings. The summed E-state index contributed by atoms with van der Waals surface area (Å²) in [6, 6.07) is 6.27. The van der Waals surface area contributed by atoms with Gasteiger partial charge in [0.15, 0.2) is 0 Å². The lowest BCUT2D eigenvalue weighted by atomic mass is 10.0. The van der Waals surface area contributed by atoms with Crippen LogP contribution in [-0.2, 0) is 16.2 Å². The van der Waals surface area contributed by atoms with Crippen molar-refractivity contribution in [2.75, 3.05) is 4.72 Å². The van der Waals surface area contributed by atoms with Crippen LogP contribution in [0, 0.1) is 10.1 Å². The van der Waals surface area contributed by atoms with Gasteiger partial charge in [-0.3, -0.25) is 19.6 Å². The minimum atomic E-state index is -4.94. The molecule has 0 saturated carbocycles. The summed E-state index contributed by atoms with van der Waals surface area (Å²) in [5.74, 6) is -1.13. The summed E-state index contributed by atoms with van der Waals surface area (Å²) in [7, 11) is -4.73. The van der Waals surface area contributed by atoms with Crippen molar-refractivity contribution >= 4 is 62.0 Å². The van der Waals surface area contributed by atoms with Crippen molar-refractivity contribution in [1.29, 1.82) is 0 Å².